The Bertz CT molecular complexity index is 1090. The Morgan fingerprint density at radius 3 is 2.63 bits per heavy atom. The van der Waals surface area contributed by atoms with E-state index in [1.807, 2.05) is 32.2 Å². The topological polar surface area (TPSA) is 85.6 Å². The van der Waals surface area contributed by atoms with Crippen LogP contribution in [0.1, 0.15) is 26.5 Å². The summed E-state index contributed by atoms with van der Waals surface area (Å²) in [7, 11) is 0. The summed E-state index contributed by atoms with van der Waals surface area (Å²) in [5.74, 6) is 0.262. The van der Waals surface area contributed by atoms with Gasteiger partial charge in [-0.15, -0.1) is 16.4 Å². The van der Waals surface area contributed by atoms with Gasteiger partial charge in [0.25, 0.3) is 5.91 Å². The molecule has 0 aliphatic heterocycles. The molecule has 9 heteroatoms. The number of thiophene rings is 1. The van der Waals surface area contributed by atoms with Crippen molar-refractivity contribution >= 4 is 33.9 Å². The molecule has 0 saturated heterocycles. The van der Waals surface area contributed by atoms with Crippen LogP contribution < -0.4 is 5.32 Å². The van der Waals surface area contributed by atoms with Gasteiger partial charge in [0, 0.05) is 11.5 Å². The summed E-state index contributed by atoms with van der Waals surface area (Å²) >= 11 is 2.50. The van der Waals surface area contributed by atoms with Crippen molar-refractivity contribution in [1.82, 2.24) is 24.4 Å². The number of amides is 1. The number of benzene rings is 1. The number of aromatic nitrogens is 5. The molecule has 1 aromatic carbocycles. The van der Waals surface area contributed by atoms with Gasteiger partial charge in [0.1, 0.15) is 0 Å². The molecule has 3 heterocycles. The summed E-state index contributed by atoms with van der Waals surface area (Å²) < 4.78 is 6.11. The van der Waals surface area contributed by atoms with Crippen LogP contribution in [0.2, 0.25) is 0 Å². The number of aryl methyl sites for hydroxylation is 2. The van der Waals surface area contributed by atoms with E-state index in [0.717, 1.165) is 34.0 Å². The van der Waals surface area contributed by atoms with E-state index in [2.05, 4.69) is 43.2 Å². The van der Waals surface area contributed by atoms with E-state index in [1.165, 1.54) is 11.3 Å². The Morgan fingerprint density at radius 2 is 1.93 bits per heavy atom. The van der Waals surface area contributed by atoms with Crippen LogP contribution in [-0.4, -0.2) is 30.3 Å². The zero-order valence-electron chi connectivity index (χ0n) is 14.9. The van der Waals surface area contributed by atoms with Gasteiger partial charge in [0.05, 0.1) is 16.3 Å². The summed E-state index contributed by atoms with van der Waals surface area (Å²) in [5.41, 5.74) is 4.71. The molecule has 136 valence electrons. The van der Waals surface area contributed by atoms with Gasteiger partial charge >= 0.3 is 0 Å². The first-order chi connectivity index (χ1) is 13.0. The third-order valence-electron chi connectivity index (χ3n) is 3.95. The van der Waals surface area contributed by atoms with Crippen LogP contribution in [-0.2, 0) is 0 Å². The van der Waals surface area contributed by atoms with E-state index in [-0.39, 0.29) is 5.91 Å². The molecule has 27 heavy (non-hydrogen) atoms. The van der Waals surface area contributed by atoms with E-state index < -0.39 is 0 Å². The van der Waals surface area contributed by atoms with Crippen molar-refractivity contribution in [2.75, 3.05) is 5.32 Å². The predicted octanol–water partition coefficient (Wildman–Crippen LogP) is 4.02. The Kier molecular flexibility index (Phi) is 4.54. The third-order valence-corrected chi connectivity index (χ3v) is 5.45. The van der Waals surface area contributed by atoms with Crippen LogP contribution in [0.3, 0.4) is 0 Å². The minimum absolute atomic E-state index is 0.191. The Balaban J connectivity index is 1.61. The Morgan fingerprint density at radius 1 is 1.15 bits per heavy atom. The second kappa shape index (κ2) is 7.01. The van der Waals surface area contributed by atoms with Gasteiger partial charge in [0.15, 0.2) is 11.5 Å². The number of nitrogens with one attached hydrogen (secondary N) is 1. The maximum absolute atomic E-state index is 12.1. The number of hydrogen-bond acceptors (Lipinski definition) is 7. The zero-order valence-corrected chi connectivity index (χ0v) is 16.6. The molecule has 0 spiro atoms. The van der Waals surface area contributed by atoms with Crippen molar-refractivity contribution in [2.24, 2.45) is 0 Å². The first-order valence-electron chi connectivity index (χ1n) is 8.21. The number of carbonyl (C=O) groups excluding carboxylic acids is 1. The fourth-order valence-corrected chi connectivity index (χ4v) is 3.98. The Hall–Kier alpha value is -2.91. The van der Waals surface area contributed by atoms with Crippen LogP contribution in [0.4, 0.5) is 5.13 Å². The molecule has 0 unspecified atom stereocenters. The van der Waals surface area contributed by atoms with Crippen molar-refractivity contribution in [1.29, 1.82) is 0 Å². The highest BCUT2D eigenvalue weighted by Gasteiger charge is 2.18. The minimum atomic E-state index is -0.191. The van der Waals surface area contributed by atoms with Crippen LogP contribution in [0.25, 0.3) is 17.2 Å². The van der Waals surface area contributed by atoms with E-state index in [4.69, 9.17) is 0 Å². The molecule has 4 aromatic rings. The number of rotatable bonds is 4. The molecule has 0 aliphatic rings. The van der Waals surface area contributed by atoms with Crippen LogP contribution in [0.5, 0.6) is 0 Å². The van der Waals surface area contributed by atoms with Gasteiger partial charge in [-0.1, -0.05) is 17.3 Å². The number of hydrogen-bond donors (Lipinski definition) is 1. The molecule has 1 amide bonds. The van der Waals surface area contributed by atoms with Gasteiger partial charge in [0.2, 0.25) is 5.13 Å². The number of nitrogens with zero attached hydrogens (tertiary/aromatic N) is 5. The molecule has 3 aromatic heterocycles. The van der Waals surface area contributed by atoms with Crippen LogP contribution >= 0.6 is 22.9 Å². The summed E-state index contributed by atoms with van der Waals surface area (Å²) in [6.45, 7) is 6.03. The molecule has 0 aliphatic carbocycles. The highest BCUT2D eigenvalue weighted by Crippen LogP contribution is 2.25. The minimum Gasteiger partial charge on any atom is -0.296 e. The summed E-state index contributed by atoms with van der Waals surface area (Å²) in [6, 6.07) is 9.82. The van der Waals surface area contributed by atoms with Gasteiger partial charge in [-0.25, -0.2) is 4.68 Å². The molecule has 0 saturated carbocycles. The number of anilines is 1. The maximum Gasteiger partial charge on any atom is 0.267 e. The average molecular weight is 397 g/mol. The second-order valence-corrected chi connectivity index (χ2v) is 7.84. The monoisotopic (exact) mass is 396 g/mol. The molecule has 1 N–H and O–H groups in total. The Labute approximate surface area is 163 Å². The molecule has 4 rings (SSSR count). The van der Waals surface area contributed by atoms with Crippen molar-refractivity contribution in [2.45, 2.75) is 20.8 Å². The quantitative estimate of drug-likeness (QED) is 0.563. The van der Waals surface area contributed by atoms with Gasteiger partial charge < -0.3 is 0 Å². The first kappa shape index (κ1) is 17.5. The summed E-state index contributed by atoms with van der Waals surface area (Å²) in [4.78, 5) is 17.2. The lowest BCUT2D eigenvalue weighted by Crippen LogP contribution is -2.09. The van der Waals surface area contributed by atoms with E-state index in [9.17, 15) is 4.79 Å². The molecule has 0 radical (unpaired) electrons. The van der Waals surface area contributed by atoms with E-state index >= 15 is 0 Å². The van der Waals surface area contributed by atoms with Crippen molar-refractivity contribution in [3.05, 3.63) is 57.4 Å². The maximum atomic E-state index is 12.1. The highest BCUT2D eigenvalue weighted by molar-refractivity contribution is 7.12. The lowest BCUT2D eigenvalue weighted by atomic mass is 10.1. The molecule has 0 atom stereocenters. The predicted molar refractivity (Wildman–Crippen MR) is 107 cm³/mol. The summed E-state index contributed by atoms with van der Waals surface area (Å²) in [5, 5.41) is 13.6. The molecule has 0 fully saturated rings. The number of carbonyl (C=O) groups is 1. The van der Waals surface area contributed by atoms with Crippen LogP contribution in [0, 0.1) is 20.8 Å². The highest BCUT2D eigenvalue weighted by atomic mass is 32.1. The normalized spacial score (nSPS) is 10.9. The SMILES string of the molecule is Cc1cc(C)cc(-n2nnc(-c3nsc(NC(=O)c4cccs4)n3)c2C)c1. The average Bonchev–Trinajstić information content (AvgIpc) is 3.34. The second-order valence-electron chi connectivity index (χ2n) is 6.14. The fraction of sp³-hybridized carbons (Fsp3) is 0.167. The van der Waals surface area contributed by atoms with Crippen LogP contribution in [0.15, 0.2) is 35.7 Å². The lowest BCUT2D eigenvalue weighted by molar-refractivity contribution is 0.103. The van der Waals surface area contributed by atoms with Crippen molar-refractivity contribution in [3.63, 3.8) is 0 Å². The standard InChI is InChI=1S/C18H16N6OS2/c1-10-7-11(2)9-13(8-10)24-12(3)15(21-23-24)16-19-18(27-22-16)20-17(25)14-5-4-6-26-14/h4-9H,1-3H3,(H,19,20,22,25). The molecule has 0 bridgehead atoms. The van der Waals surface area contributed by atoms with E-state index in [1.54, 1.807) is 10.7 Å². The largest absolute Gasteiger partial charge is 0.296 e. The third kappa shape index (κ3) is 3.51. The summed E-state index contributed by atoms with van der Waals surface area (Å²) in [6.07, 6.45) is 0. The van der Waals surface area contributed by atoms with E-state index in [0.29, 0.717) is 21.5 Å². The molecule has 7 nitrogen and oxygen atoms in total. The lowest BCUT2D eigenvalue weighted by Gasteiger charge is -2.06. The van der Waals surface area contributed by atoms with Crippen molar-refractivity contribution in [3.8, 4) is 17.2 Å². The van der Waals surface area contributed by atoms with Gasteiger partial charge in [-0.2, -0.15) is 9.36 Å². The molecular weight excluding hydrogens is 380 g/mol. The van der Waals surface area contributed by atoms with Gasteiger partial charge in [-0.3, -0.25) is 10.1 Å². The van der Waals surface area contributed by atoms with Crippen molar-refractivity contribution < 1.29 is 4.79 Å². The van der Waals surface area contributed by atoms with Gasteiger partial charge in [-0.05, 0) is 55.5 Å². The first-order valence-corrected chi connectivity index (χ1v) is 9.86. The smallest absolute Gasteiger partial charge is 0.267 e. The fourth-order valence-electron chi connectivity index (χ4n) is 2.79. The zero-order chi connectivity index (χ0) is 19.0. The molecular formula is C18H16N6OS2.